The van der Waals surface area contributed by atoms with Crippen LogP contribution >= 0.6 is 15.9 Å². The zero-order chi connectivity index (χ0) is 17.7. The molecule has 130 valence electrons. The predicted octanol–water partition coefficient (Wildman–Crippen LogP) is 5.17. The van der Waals surface area contributed by atoms with E-state index in [1.165, 1.54) is 6.07 Å². The molecule has 2 aromatic carbocycles. The molecule has 0 radical (unpaired) electrons. The Morgan fingerprint density at radius 2 is 1.83 bits per heavy atom. The molecule has 4 heteroatoms. The summed E-state index contributed by atoms with van der Waals surface area (Å²) in [5.74, 6) is -0.305. The summed E-state index contributed by atoms with van der Waals surface area (Å²) in [4.78, 5) is 0. The van der Waals surface area contributed by atoms with E-state index in [1.54, 1.807) is 12.1 Å². The maximum atomic E-state index is 14.6. The molecule has 2 N–H and O–H groups in total. The van der Waals surface area contributed by atoms with Gasteiger partial charge < -0.3 is 5.11 Å². The van der Waals surface area contributed by atoms with Crippen LogP contribution in [0.4, 0.5) is 4.39 Å². The standard InChI is InChI=1S/C20H25BrFNO/c1-4-19(15-8-6-5-7-9-15)23-20(13-24,14(2)3)17-12-16(21)10-11-18(17)22/h5-12,14,19,23-24H,4,13H2,1-3H3/t19-,20+/m1/s1. The van der Waals surface area contributed by atoms with Crippen molar-refractivity contribution in [2.75, 3.05) is 6.61 Å². The second kappa shape index (κ2) is 8.24. The highest BCUT2D eigenvalue weighted by atomic mass is 79.9. The van der Waals surface area contributed by atoms with Crippen LogP contribution in [0, 0.1) is 11.7 Å². The second-order valence-corrected chi connectivity index (χ2v) is 7.34. The zero-order valence-electron chi connectivity index (χ0n) is 14.4. The first-order valence-electron chi connectivity index (χ1n) is 8.33. The van der Waals surface area contributed by atoms with Gasteiger partial charge in [-0.1, -0.05) is 67.0 Å². The summed E-state index contributed by atoms with van der Waals surface area (Å²) in [6.45, 7) is 5.91. The van der Waals surface area contributed by atoms with Gasteiger partial charge in [-0.25, -0.2) is 4.39 Å². The molecule has 0 bridgehead atoms. The van der Waals surface area contributed by atoms with Crippen molar-refractivity contribution < 1.29 is 9.50 Å². The van der Waals surface area contributed by atoms with Crippen molar-refractivity contribution >= 4 is 15.9 Å². The van der Waals surface area contributed by atoms with Crippen LogP contribution in [0.3, 0.4) is 0 Å². The number of halogens is 2. The minimum Gasteiger partial charge on any atom is -0.394 e. The maximum absolute atomic E-state index is 14.6. The minimum absolute atomic E-state index is 0.00376. The van der Waals surface area contributed by atoms with E-state index in [9.17, 15) is 9.50 Å². The predicted molar refractivity (Wildman–Crippen MR) is 100 cm³/mol. The van der Waals surface area contributed by atoms with Crippen LogP contribution < -0.4 is 5.32 Å². The zero-order valence-corrected chi connectivity index (χ0v) is 16.0. The number of aliphatic hydroxyl groups excluding tert-OH is 1. The second-order valence-electron chi connectivity index (χ2n) is 6.42. The Morgan fingerprint density at radius 1 is 1.17 bits per heavy atom. The first kappa shape index (κ1) is 19.1. The van der Waals surface area contributed by atoms with E-state index < -0.39 is 5.54 Å². The summed E-state index contributed by atoms with van der Waals surface area (Å²) < 4.78 is 15.4. The van der Waals surface area contributed by atoms with E-state index in [4.69, 9.17) is 0 Å². The number of aliphatic hydroxyl groups is 1. The van der Waals surface area contributed by atoms with Crippen LogP contribution in [0.15, 0.2) is 53.0 Å². The molecule has 0 saturated carbocycles. The highest BCUT2D eigenvalue weighted by molar-refractivity contribution is 9.10. The Labute approximate surface area is 152 Å². The van der Waals surface area contributed by atoms with Gasteiger partial charge in [0, 0.05) is 16.1 Å². The van der Waals surface area contributed by atoms with Gasteiger partial charge in [0.15, 0.2) is 0 Å². The third kappa shape index (κ3) is 3.88. The van der Waals surface area contributed by atoms with Crippen molar-refractivity contribution in [1.82, 2.24) is 5.32 Å². The van der Waals surface area contributed by atoms with Gasteiger partial charge >= 0.3 is 0 Å². The molecule has 0 aliphatic carbocycles. The molecule has 0 unspecified atom stereocenters. The molecular formula is C20H25BrFNO. The number of nitrogens with one attached hydrogen (secondary N) is 1. The highest BCUT2D eigenvalue weighted by Gasteiger charge is 2.39. The first-order valence-corrected chi connectivity index (χ1v) is 9.13. The fourth-order valence-electron chi connectivity index (χ4n) is 3.13. The van der Waals surface area contributed by atoms with E-state index >= 15 is 0 Å². The summed E-state index contributed by atoms with van der Waals surface area (Å²) in [6.07, 6.45) is 0.841. The average molecular weight is 394 g/mol. The van der Waals surface area contributed by atoms with Crippen LogP contribution in [0.5, 0.6) is 0 Å². The van der Waals surface area contributed by atoms with Gasteiger partial charge in [-0.3, -0.25) is 5.32 Å². The Kier molecular flexibility index (Phi) is 6.55. The summed E-state index contributed by atoms with van der Waals surface area (Å²) in [6, 6.07) is 15.0. The molecule has 0 aliphatic heterocycles. The Balaban J connectivity index is 2.50. The van der Waals surface area contributed by atoms with Gasteiger partial charge in [0.25, 0.3) is 0 Å². The number of benzene rings is 2. The van der Waals surface area contributed by atoms with Crippen LogP contribution in [0.1, 0.15) is 44.4 Å². The van der Waals surface area contributed by atoms with E-state index in [0.717, 1.165) is 16.5 Å². The lowest BCUT2D eigenvalue weighted by Gasteiger charge is -2.41. The van der Waals surface area contributed by atoms with Gasteiger partial charge in [0.1, 0.15) is 5.82 Å². The van der Waals surface area contributed by atoms with Gasteiger partial charge in [0.2, 0.25) is 0 Å². The molecule has 0 saturated heterocycles. The lowest BCUT2D eigenvalue weighted by atomic mass is 9.79. The van der Waals surface area contributed by atoms with Crippen LogP contribution in [-0.4, -0.2) is 11.7 Å². The van der Waals surface area contributed by atoms with E-state index in [2.05, 4.69) is 40.3 Å². The van der Waals surface area contributed by atoms with Gasteiger partial charge in [-0.05, 0) is 36.1 Å². The molecule has 2 rings (SSSR count). The highest BCUT2D eigenvalue weighted by Crippen LogP contribution is 2.36. The van der Waals surface area contributed by atoms with Crippen molar-refractivity contribution in [3.8, 4) is 0 Å². The van der Waals surface area contributed by atoms with E-state index in [0.29, 0.717) is 5.56 Å². The Hall–Kier alpha value is -1.23. The van der Waals surface area contributed by atoms with Crippen molar-refractivity contribution in [3.63, 3.8) is 0 Å². The SMILES string of the molecule is CC[C@@H](N[C@](CO)(c1cc(Br)ccc1F)C(C)C)c1ccccc1. The third-order valence-electron chi connectivity index (χ3n) is 4.69. The van der Waals surface area contributed by atoms with Crippen LogP contribution in [0.2, 0.25) is 0 Å². The molecule has 0 amide bonds. The lowest BCUT2D eigenvalue weighted by Crippen LogP contribution is -2.51. The first-order chi connectivity index (χ1) is 11.4. The molecule has 0 aliphatic rings. The molecule has 0 spiro atoms. The number of hydrogen-bond donors (Lipinski definition) is 2. The summed E-state index contributed by atoms with van der Waals surface area (Å²) in [7, 11) is 0. The average Bonchev–Trinajstić information content (AvgIpc) is 2.59. The molecule has 2 atom stereocenters. The monoisotopic (exact) mass is 393 g/mol. The largest absolute Gasteiger partial charge is 0.394 e. The topological polar surface area (TPSA) is 32.3 Å². The van der Waals surface area contributed by atoms with Crippen molar-refractivity contribution in [1.29, 1.82) is 0 Å². The summed E-state index contributed by atoms with van der Waals surface area (Å²) >= 11 is 3.42. The normalized spacial score (nSPS) is 15.3. The quantitative estimate of drug-likeness (QED) is 0.679. The fourth-order valence-corrected chi connectivity index (χ4v) is 3.49. The Bertz CT molecular complexity index is 662. The molecule has 2 nitrogen and oxygen atoms in total. The van der Waals surface area contributed by atoms with Gasteiger partial charge in [-0.2, -0.15) is 0 Å². The summed E-state index contributed by atoms with van der Waals surface area (Å²) in [5.41, 5.74) is 0.766. The molecular weight excluding hydrogens is 369 g/mol. The van der Waals surface area contributed by atoms with Crippen LogP contribution in [-0.2, 0) is 5.54 Å². The van der Waals surface area contributed by atoms with Crippen LogP contribution in [0.25, 0.3) is 0 Å². The summed E-state index contributed by atoms with van der Waals surface area (Å²) in [5, 5.41) is 13.8. The molecule has 0 fully saturated rings. The van der Waals surface area contributed by atoms with E-state index in [-0.39, 0.29) is 24.4 Å². The minimum atomic E-state index is -0.857. The number of rotatable bonds is 7. The molecule has 0 aromatic heterocycles. The van der Waals surface area contributed by atoms with Gasteiger partial charge in [0.05, 0.1) is 12.1 Å². The lowest BCUT2D eigenvalue weighted by molar-refractivity contribution is 0.0982. The molecule has 24 heavy (non-hydrogen) atoms. The van der Waals surface area contributed by atoms with E-state index in [1.807, 2.05) is 32.0 Å². The number of hydrogen-bond acceptors (Lipinski definition) is 2. The van der Waals surface area contributed by atoms with Crippen molar-refractivity contribution in [3.05, 3.63) is 69.9 Å². The maximum Gasteiger partial charge on any atom is 0.128 e. The van der Waals surface area contributed by atoms with Crippen molar-refractivity contribution in [2.24, 2.45) is 5.92 Å². The third-order valence-corrected chi connectivity index (χ3v) is 5.18. The fraction of sp³-hybridized carbons (Fsp3) is 0.400. The molecule has 0 heterocycles. The smallest absolute Gasteiger partial charge is 0.128 e. The van der Waals surface area contributed by atoms with Gasteiger partial charge in [-0.15, -0.1) is 0 Å². The van der Waals surface area contributed by atoms with Crippen molar-refractivity contribution in [2.45, 2.75) is 38.8 Å². The Morgan fingerprint density at radius 3 is 2.38 bits per heavy atom. The molecule has 2 aromatic rings.